The largest absolute Gasteiger partial charge is 0.389 e. The van der Waals surface area contributed by atoms with Crippen molar-refractivity contribution in [1.82, 2.24) is 9.88 Å². The van der Waals surface area contributed by atoms with E-state index in [2.05, 4.69) is 44.0 Å². The van der Waals surface area contributed by atoms with E-state index in [1.807, 2.05) is 33.2 Å². The van der Waals surface area contributed by atoms with Gasteiger partial charge in [-0.2, -0.15) is 0 Å². The monoisotopic (exact) mass is 322 g/mol. The highest BCUT2D eigenvalue weighted by Gasteiger charge is 2.16. The third-order valence-electron chi connectivity index (χ3n) is 2.90. The lowest BCUT2D eigenvalue weighted by molar-refractivity contribution is 0.0426. The Hall–Kier alpha value is -0.970. The molecule has 0 aliphatic rings. The van der Waals surface area contributed by atoms with Crippen molar-refractivity contribution in [2.24, 2.45) is 0 Å². The number of benzene rings is 1. The van der Waals surface area contributed by atoms with Gasteiger partial charge in [-0.15, -0.1) is 0 Å². The SMILES string of the molecule is CN(Cc1ccc(Br)c2cccnc12)CC(C)(C)O. The first-order valence-electron chi connectivity index (χ1n) is 6.30. The van der Waals surface area contributed by atoms with E-state index in [1.54, 1.807) is 0 Å². The maximum atomic E-state index is 9.86. The van der Waals surface area contributed by atoms with Gasteiger partial charge in [-0.05, 0) is 38.6 Å². The van der Waals surface area contributed by atoms with E-state index < -0.39 is 5.60 Å². The number of rotatable bonds is 4. The summed E-state index contributed by atoms with van der Waals surface area (Å²) >= 11 is 3.55. The van der Waals surface area contributed by atoms with Gasteiger partial charge in [0.25, 0.3) is 0 Å². The summed E-state index contributed by atoms with van der Waals surface area (Å²) in [6, 6.07) is 8.14. The van der Waals surface area contributed by atoms with Crippen LogP contribution in [0.4, 0.5) is 0 Å². The average Bonchev–Trinajstić information content (AvgIpc) is 2.31. The fourth-order valence-electron chi connectivity index (χ4n) is 2.33. The van der Waals surface area contributed by atoms with E-state index in [0.717, 1.165) is 21.9 Å². The van der Waals surface area contributed by atoms with Gasteiger partial charge in [0, 0.05) is 29.1 Å². The van der Waals surface area contributed by atoms with Gasteiger partial charge in [0.05, 0.1) is 11.1 Å². The molecule has 1 aromatic carbocycles. The lowest BCUT2D eigenvalue weighted by Gasteiger charge is -2.25. The number of halogens is 1. The number of aliphatic hydroxyl groups is 1. The first-order chi connectivity index (χ1) is 8.87. The van der Waals surface area contributed by atoms with Crippen molar-refractivity contribution in [3.8, 4) is 0 Å². The van der Waals surface area contributed by atoms with Gasteiger partial charge >= 0.3 is 0 Å². The lowest BCUT2D eigenvalue weighted by Crippen LogP contribution is -2.35. The smallest absolute Gasteiger partial charge is 0.0758 e. The number of fused-ring (bicyclic) bond motifs is 1. The van der Waals surface area contributed by atoms with Crippen LogP contribution >= 0.6 is 15.9 Å². The quantitative estimate of drug-likeness (QED) is 0.939. The summed E-state index contributed by atoms with van der Waals surface area (Å²) in [6.07, 6.45) is 1.81. The van der Waals surface area contributed by atoms with Gasteiger partial charge in [0.15, 0.2) is 0 Å². The molecule has 0 spiro atoms. The zero-order chi connectivity index (χ0) is 14.0. The van der Waals surface area contributed by atoms with Crippen LogP contribution in [0.15, 0.2) is 34.9 Å². The third-order valence-corrected chi connectivity index (χ3v) is 3.59. The van der Waals surface area contributed by atoms with Crippen LogP contribution in [0.5, 0.6) is 0 Å². The van der Waals surface area contributed by atoms with Crippen LogP contribution in [0.3, 0.4) is 0 Å². The molecule has 0 atom stereocenters. The Kier molecular flexibility index (Phi) is 4.23. The maximum Gasteiger partial charge on any atom is 0.0758 e. The first kappa shape index (κ1) is 14.4. The molecule has 2 aromatic rings. The summed E-state index contributed by atoms with van der Waals surface area (Å²) < 4.78 is 1.06. The van der Waals surface area contributed by atoms with Crippen molar-refractivity contribution in [3.05, 3.63) is 40.5 Å². The second-order valence-corrected chi connectivity index (χ2v) is 6.45. The van der Waals surface area contributed by atoms with Crippen molar-refractivity contribution < 1.29 is 5.11 Å². The molecule has 0 aliphatic heterocycles. The highest BCUT2D eigenvalue weighted by Crippen LogP contribution is 2.26. The fraction of sp³-hybridized carbons (Fsp3) is 0.400. The Bertz CT molecular complexity index is 578. The zero-order valence-electron chi connectivity index (χ0n) is 11.5. The van der Waals surface area contributed by atoms with Crippen LogP contribution in [0.2, 0.25) is 0 Å². The molecule has 0 aliphatic carbocycles. The minimum atomic E-state index is -0.687. The molecule has 1 N–H and O–H groups in total. The number of hydrogen-bond donors (Lipinski definition) is 1. The normalized spacial score (nSPS) is 12.3. The van der Waals surface area contributed by atoms with Crippen LogP contribution < -0.4 is 0 Å². The van der Waals surface area contributed by atoms with Gasteiger partial charge in [-0.1, -0.05) is 28.1 Å². The Morgan fingerprint density at radius 1 is 1.32 bits per heavy atom. The van der Waals surface area contributed by atoms with Crippen molar-refractivity contribution >= 4 is 26.8 Å². The predicted molar refractivity (Wildman–Crippen MR) is 82.1 cm³/mol. The van der Waals surface area contributed by atoms with Gasteiger partial charge in [-0.25, -0.2) is 0 Å². The molecule has 102 valence electrons. The predicted octanol–water partition coefficient (Wildman–Crippen LogP) is 3.20. The zero-order valence-corrected chi connectivity index (χ0v) is 13.1. The molecule has 0 radical (unpaired) electrons. The van der Waals surface area contributed by atoms with Gasteiger partial charge in [-0.3, -0.25) is 9.88 Å². The Morgan fingerprint density at radius 3 is 2.74 bits per heavy atom. The first-order valence-corrected chi connectivity index (χ1v) is 7.09. The molecule has 2 rings (SSSR count). The number of pyridine rings is 1. The van der Waals surface area contributed by atoms with Crippen molar-refractivity contribution in [2.45, 2.75) is 26.0 Å². The molecule has 0 saturated heterocycles. The summed E-state index contributed by atoms with van der Waals surface area (Å²) in [5, 5.41) is 11.0. The third kappa shape index (κ3) is 3.75. The molecule has 0 unspecified atom stereocenters. The van der Waals surface area contributed by atoms with Gasteiger partial charge in [0.2, 0.25) is 0 Å². The molecule has 0 amide bonds. The molecule has 0 fully saturated rings. The Labute approximate surface area is 122 Å². The van der Waals surface area contributed by atoms with Crippen LogP contribution in [-0.2, 0) is 6.54 Å². The van der Waals surface area contributed by atoms with Crippen LogP contribution in [0.25, 0.3) is 10.9 Å². The fourth-order valence-corrected chi connectivity index (χ4v) is 2.78. The molecule has 19 heavy (non-hydrogen) atoms. The molecule has 0 bridgehead atoms. The number of aromatic nitrogens is 1. The summed E-state index contributed by atoms with van der Waals surface area (Å²) in [6.45, 7) is 5.03. The summed E-state index contributed by atoms with van der Waals surface area (Å²) in [5.74, 6) is 0. The Balaban J connectivity index is 2.29. The van der Waals surface area contributed by atoms with E-state index in [4.69, 9.17) is 0 Å². The van der Waals surface area contributed by atoms with Gasteiger partial charge in [0.1, 0.15) is 0 Å². The maximum absolute atomic E-state index is 9.86. The second-order valence-electron chi connectivity index (χ2n) is 5.59. The highest BCUT2D eigenvalue weighted by atomic mass is 79.9. The minimum Gasteiger partial charge on any atom is -0.389 e. The summed E-state index contributed by atoms with van der Waals surface area (Å²) in [5.41, 5.74) is 1.50. The topological polar surface area (TPSA) is 36.4 Å². The molecule has 1 aromatic heterocycles. The molecule has 3 nitrogen and oxygen atoms in total. The van der Waals surface area contributed by atoms with Crippen molar-refractivity contribution in [3.63, 3.8) is 0 Å². The van der Waals surface area contributed by atoms with Crippen LogP contribution in [0, 0.1) is 0 Å². The highest BCUT2D eigenvalue weighted by molar-refractivity contribution is 9.10. The summed E-state index contributed by atoms with van der Waals surface area (Å²) in [4.78, 5) is 6.58. The molecule has 4 heteroatoms. The van der Waals surface area contributed by atoms with E-state index in [0.29, 0.717) is 6.54 Å². The Morgan fingerprint density at radius 2 is 2.05 bits per heavy atom. The average molecular weight is 323 g/mol. The minimum absolute atomic E-state index is 0.622. The van der Waals surface area contributed by atoms with E-state index >= 15 is 0 Å². The van der Waals surface area contributed by atoms with E-state index in [1.165, 1.54) is 5.56 Å². The van der Waals surface area contributed by atoms with Crippen molar-refractivity contribution in [2.75, 3.05) is 13.6 Å². The van der Waals surface area contributed by atoms with E-state index in [-0.39, 0.29) is 0 Å². The standard InChI is InChI=1S/C15H19BrN2O/c1-15(2,19)10-18(3)9-11-6-7-13(16)12-5-4-8-17-14(11)12/h4-8,19H,9-10H2,1-3H3. The molecule has 1 heterocycles. The number of nitrogens with zero attached hydrogens (tertiary/aromatic N) is 2. The lowest BCUT2D eigenvalue weighted by atomic mass is 10.1. The molecular weight excluding hydrogens is 304 g/mol. The second kappa shape index (κ2) is 5.57. The van der Waals surface area contributed by atoms with Crippen LogP contribution in [0.1, 0.15) is 19.4 Å². The van der Waals surface area contributed by atoms with Crippen LogP contribution in [-0.4, -0.2) is 34.2 Å². The van der Waals surface area contributed by atoms with Crippen molar-refractivity contribution in [1.29, 1.82) is 0 Å². The molecule has 0 saturated carbocycles. The summed E-state index contributed by atoms with van der Waals surface area (Å²) in [7, 11) is 2.01. The van der Waals surface area contributed by atoms with Gasteiger partial charge < -0.3 is 5.11 Å². The molecular formula is C15H19BrN2O. The van der Waals surface area contributed by atoms with E-state index in [9.17, 15) is 5.11 Å². The number of hydrogen-bond acceptors (Lipinski definition) is 3. The number of likely N-dealkylation sites (N-methyl/N-ethyl adjacent to an activating group) is 1.